The van der Waals surface area contributed by atoms with E-state index in [1.54, 1.807) is 0 Å². The van der Waals surface area contributed by atoms with E-state index in [9.17, 15) is 4.79 Å². The molecule has 2 rings (SSSR count). The average Bonchev–Trinajstić information content (AvgIpc) is 2.38. The Kier molecular flexibility index (Phi) is 5.15. The minimum atomic E-state index is -0.0407. The topological polar surface area (TPSA) is 67.2 Å². The van der Waals surface area contributed by atoms with Crippen LogP contribution in [0.15, 0.2) is 24.3 Å². The standard InChI is InChI=1S/C16H25N3O/c1-11(18-16-8-4-6-14(17)10-16)13-5-3-7-15(9-13)19-12(2)20/h3,5,7,9,11,14,16,18H,4,6,8,10,17H2,1-2H3,(H,19,20). The molecule has 1 aliphatic carbocycles. The zero-order chi connectivity index (χ0) is 14.5. The molecule has 1 saturated carbocycles. The Morgan fingerprint density at radius 2 is 2.20 bits per heavy atom. The first-order valence-corrected chi connectivity index (χ1v) is 7.44. The highest BCUT2D eigenvalue weighted by Gasteiger charge is 2.20. The molecule has 1 aromatic rings. The van der Waals surface area contributed by atoms with Crippen molar-refractivity contribution in [1.82, 2.24) is 5.32 Å². The average molecular weight is 275 g/mol. The fraction of sp³-hybridized carbons (Fsp3) is 0.562. The van der Waals surface area contributed by atoms with Crippen LogP contribution in [0.1, 0.15) is 51.1 Å². The van der Waals surface area contributed by atoms with Gasteiger partial charge in [0.25, 0.3) is 0 Å². The van der Waals surface area contributed by atoms with Crippen molar-refractivity contribution in [1.29, 1.82) is 0 Å². The van der Waals surface area contributed by atoms with Gasteiger partial charge in [-0.15, -0.1) is 0 Å². The van der Waals surface area contributed by atoms with Crippen molar-refractivity contribution < 1.29 is 4.79 Å². The van der Waals surface area contributed by atoms with Crippen LogP contribution in [-0.4, -0.2) is 18.0 Å². The Balaban J connectivity index is 1.97. The second-order valence-corrected chi connectivity index (χ2v) is 5.82. The van der Waals surface area contributed by atoms with Gasteiger partial charge in [0, 0.05) is 30.7 Å². The highest BCUT2D eigenvalue weighted by molar-refractivity contribution is 5.88. The fourth-order valence-corrected chi connectivity index (χ4v) is 2.92. The summed E-state index contributed by atoms with van der Waals surface area (Å²) in [6.07, 6.45) is 4.60. The Morgan fingerprint density at radius 1 is 1.40 bits per heavy atom. The van der Waals surface area contributed by atoms with Crippen molar-refractivity contribution in [3.8, 4) is 0 Å². The first-order chi connectivity index (χ1) is 9.54. The molecule has 110 valence electrons. The van der Waals surface area contributed by atoms with Gasteiger partial charge in [0.1, 0.15) is 0 Å². The molecule has 20 heavy (non-hydrogen) atoms. The summed E-state index contributed by atoms with van der Waals surface area (Å²) < 4.78 is 0. The molecule has 0 aliphatic heterocycles. The SMILES string of the molecule is CC(=O)Nc1cccc(C(C)NC2CCCC(N)C2)c1. The van der Waals surface area contributed by atoms with E-state index in [1.807, 2.05) is 18.2 Å². The molecule has 1 aliphatic rings. The van der Waals surface area contributed by atoms with Gasteiger partial charge in [0.15, 0.2) is 0 Å². The van der Waals surface area contributed by atoms with Crippen LogP contribution in [0.4, 0.5) is 5.69 Å². The number of carbonyl (C=O) groups excluding carboxylic acids is 1. The minimum absolute atomic E-state index is 0.0407. The highest BCUT2D eigenvalue weighted by atomic mass is 16.1. The van der Waals surface area contributed by atoms with Gasteiger partial charge >= 0.3 is 0 Å². The normalized spacial score (nSPS) is 24.1. The molecule has 3 unspecified atom stereocenters. The Labute approximate surface area is 121 Å². The maximum absolute atomic E-state index is 11.1. The zero-order valence-corrected chi connectivity index (χ0v) is 12.4. The number of nitrogens with one attached hydrogen (secondary N) is 2. The quantitative estimate of drug-likeness (QED) is 0.791. The fourth-order valence-electron chi connectivity index (χ4n) is 2.92. The zero-order valence-electron chi connectivity index (χ0n) is 12.4. The maximum Gasteiger partial charge on any atom is 0.221 e. The van der Waals surface area contributed by atoms with Crippen molar-refractivity contribution in [2.75, 3.05) is 5.32 Å². The number of carbonyl (C=O) groups is 1. The second kappa shape index (κ2) is 6.86. The molecule has 0 saturated heterocycles. The third-order valence-electron chi connectivity index (χ3n) is 3.91. The van der Waals surface area contributed by atoms with E-state index in [0.29, 0.717) is 12.1 Å². The van der Waals surface area contributed by atoms with Gasteiger partial charge in [-0.25, -0.2) is 0 Å². The van der Waals surface area contributed by atoms with Gasteiger partial charge in [-0.3, -0.25) is 4.79 Å². The Bertz CT molecular complexity index is 461. The van der Waals surface area contributed by atoms with Crippen molar-refractivity contribution in [3.05, 3.63) is 29.8 Å². The number of hydrogen-bond donors (Lipinski definition) is 3. The van der Waals surface area contributed by atoms with Gasteiger partial charge in [0.2, 0.25) is 5.91 Å². The number of benzene rings is 1. The van der Waals surface area contributed by atoms with Crippen LogP contribution >= 0.6 is 0 Å². The number of anilines is 1. The first-order valence-electron chi connectivity index (χ1n) is 7.44. The van der Waals surface area contributed by atoms with Gasteiger partial charge < -0.3 is 16.4 Å². The largest absolute Gasteiger partial charge is 0.328 e. The van der Waals surface area contributed by atoms with Crippen LogP contribution in [0.2, 0.25) is 0 Å². The summed E-state index contributed by atoms with van der Waals surface area (Å²) >= 11 is 0. The van der Waals surface area contributed by atoms with Gasteiger partial charge in [-0.1, -0.05) is 18.6 Å². The van der Waals surface area contributed by atoms with Crippen LogP contribution in [0.3, 0.4) is 0 Å². The summed E-state index contributed by atoms with van der Waals surface area (Å²) in [5.41, 5.74) is 8.07. The monoisotopic (exact) mass is 275 g/mol. The van der Waals surface area contributed by atoms with Crippen LogP contribution in [0.25, 0.3) is 0 Å². The molecular weight excluding hydrogens is 250 g/mol. The molecule has 1 amide bonds. The highest BCUT2D eigenvalue weighted by Crippen LogP contribution is 2.22. The molecule has 1 fully saturated rings. The summed E-state index contributed by atoms with van der Waals surface area (Å²) in [7, 11) is 0. The third kappa shape index (κ3) is 4.32. The van der Waals surface area contributed by atoms with Crippen LogP contribution < -0.4 is 16.4 Å². The predicted octanol–water partition coefficient (Wildman–Crippen LogP) is 2.57. The molecule has 0 spiro atoms. The van der Waals surface area contributed by atoms with Crippen molar-refractivity contribution in [2.45, 2.75) is 57.7 Å². The van der Waals surface area contributed by atoms with E-state index < -0.39 is 0 Å². The Morgan fingerprint density at radius 3 is 2.90 bits per heavy atom. The smallest absolute Gasteiger partial charge is 0.221 e. The molecular formula is C16H25N3O. The lowest BCUT2D eigenvalue weighted by atomic mass is 9.90. The summed E-state index contributed by atoms with van der Waals surface area (Å²) in [5.74, 6) is -0.0407. The first kappa shape index (κ1) is 15.0. The molecule has 0 radical (unpaired) electrons. The van der Waals surface area contributed by atoms with Crippen LogP contribution in [0.5, 0.6) is 0 Å². The summed E-state index contributed by atoms with van der Waals surface area (Å²) in [5, 5.41) is 6.48. The number of amides is 1. The lowest BCUT2D eigenvalue weighted by Gasteiger charge is -2.30. The van der Waals surface area contributed by atoms with Crippen molar-refractivity contribution >= 4 is 11.6 Å². The van der Waals surface area contributed by atoms with E-state index >= 15 is 0 Å². The summed E-state index contributed by atoms with van der Waals surface area (Å²) in [4.78, 5) is 11.1. The predicted molar refractivity (Wildman–Crippen MR) is 82.5 cm³/mol. The Hall–Kier alpha value is -1.39. The van der Waals surface area contributed by atoms with E-state index in [-0.39, 0.29) is 11.9 Å². The molecule has 3 atom stereocenters. The molecule has 4 N–H and O–H groups in total. The van der Waals surface area contributed by atoms with E-state index in [2.05, 4.69) is 23.6 Å². The molecule has 4 heteroatoms. The molecule has 0 aromatic heterocycles. The second-order valence-electron chi connectivity index (χ2n) is 5.82. The van der Waals surface area contributed by atoms with Gasteiger partial charge in [-0.2, -0.15) is 0 Å². The summed E-state index contributed by atoms with van der Waals surface area (Å²) in [6, 6.07) is 9.10. The lowest BCUT2D eigenvalue weighted by Crippen LogP contribution is -2.40. The third-order valence-corrected chi connectivity index (χ3v) is 3.91. The number of hydrogen-bond acceptors (Lipinski definition) is 3. The van der Waals surface area contributed by atoms with Crippen molar-refractivity contribution in [2.24, 2.45) is 5.73 Å². The molecule has 0 bridgehead atoms. The lowest BCUT2D eigenvalue weighted by molar-refractivity contribution is -0.114. The number of nitrogens with two attached hydrogens (primary N) is 1. The van der Waals surface area contributed by atoms with E-state index in [1.165, 1.54) is 25.3 Å². The number of rotatable bonds is 4. The maximum atomic E-state index is 11.1. The molecule has 1 aromatic carbocycles. The van der Waals surface area contributed by atoms with E-state index in [4.69, 9.17) is 5.73 Å². The van der Waals surface area contributed by atoms with Gasteiger partial charge in [-0.05, 0) is 43.9 Å². The van der Waals surface area contributed by atoms with E-state index in [0.717, 1.165) is 18.5 Å². The van der Waals surface area contributed by atoms with Gasteiger partial charge in [0.05, 0.1) is 0 Å². The minimum Gasteiger partial charge on any atom is -0.328 e. The van der Waals surface area contributed by atoms with Crippen molar-refractivity contribution in [3.63, 3.8) is 0 Å². The summed E-state index contributed by atoms with van der Waals surface area (Å²) in [6.45, 7) is 3.69. The molecule has 0 heterocycles. The molecule has 4 nitrogen and oxygen atoms in total. The van der Waals surface area contributed by atoms with Crippen LogP contribution in [0, 0.1) is 0 Å². The van der Waals surface area contributed by atoms with Crippen LogP contribution in [-0.2, 0) is 4.79 Å².